The maximum absolute atomic E-state index is 12.2. The predicted molar refractivity (Wildman–Crippen MR) is 124 cm³/mol. The lowest BCUT2D eigenvalue weighted by Crippen LogP contribution is -2.06. The van der Waals surface area contributed by atoms with Gasteiger partial charge in [0.05, 0.1) is 18.8 Å². The molecule has 0 atom stereocenters. The van der Waals surface area contributed by atoms with Crippen LogP contribution in [0.2, 0.25) is 0 Å². The van der Waals surface area contributed by atoms with Gasteiger partial charge in [0.15, 0.2) is 5.58 Å². The Morgan fingerprint density at radius 1 is 0.871 bits per heavy atom. The molecule has 1 aromatic heterocycles. The molecular weight excluding hydrogens is 390 g/mol. The topological polar surface area (TPSA) is 61.6 Å². The van der Waals surface area contributed by atoms with Gasteiger partial charge in [0.2, 0.25) is 5.89 Å². The van der Waals surface area contributed by atoms with E-state index in [2.05, 4.69) is 18.8 Å². The number of benzene rings is 2. The lowest BCUT2D eigenvalue weighted by atomic mass is 10.1. The van der Waals surface area contributed by atoms with Crippen LogP contribution >= 0.6 is 0 Å². The summed E-state index contributed by atoms with van der Waals surface area (Å²) in [6, 6.07) is 12.9. The summed E-state index contributed by atoms with van der Waals surface area (Å²) < 4.78 is 17.1. The highest BCUT2D eigenvalue weighted by molar-refractivity contribution is 5.90. The molecule has 0 aliphatic rings. The highest BCUT2D eigenvalue weighted by atomic mass is 16.5. The quantitative estimate of drug-likeness (QED) is 0.215. The molecule has 0 radical (unpaired) electrons. The van der Waals surface area contributed by atoms with Crippen molar-refractivity contribution >= 4 is 17.1 Å². The smallest absolute Gasteiger partial charge is 0.338 e. The first kappa shape index (κ1) is 22.9. The Bertz CT molecular complexity index is 946. The number of aromatic nitrogens is 1. The van der Waals surface area contributed by atoms with Crippen molar-refractivity contribution in [2.45, 2.75) is 65.2 Å². The monoisotopic (exact) mass is 423 g/mol. The summed E-state index contributed by atoms with van der Waals surface area (Å²) in [5.41, 5.74) is 2.83. The number of nitrogens with zero attached hydrogens (tertiary/aromatic N) is 1. The minimum absolute atomic E-state index is 0.290. The van der Waals surface area contributed by atoms with E-state index in [9.17, 15) is 4.79 Å². The standard InChI is InChI=1S/C26H33NO4/c1-3-5-7-9-17-29-22-15-16-24-23(19-22)27-25(31-24)20-11-13-21(14-12-20)26(28)30-18-10-8-6-4-2/h11-16,19H,3-10,17-18H2,1-2H3. The number of hydrogen-bond donors (Lipinski definition) is 0. The first-order valence-electron chi connectivity index (χ1n) is 11.5. The number of unbranched alkanes of at least 4 members (excludes halogenated alkanes) is 6. The van der Waals surface area contributed by atoms with Crippen molar-refractivity contribution in [2.24, 2.45) is 0 Å². The van der Waals surface area contributed by atoms with Crippen LogP contribution in [-0.2, 0) is 4.74 Å². The zero-order valence-corrected chi connectivity index (χ0v) is 18.7. The number of carbonyl (C=O) groups excluding carboxylic acids is 1. The zero-order valence-electron chi connectivity index (χ0n) is 18.7. The average molecular weight is 424 g/mol. The third-order valence-corrected chi connectivity index (χ3v) is 5.22. The molecule has 3 rings (SSSR count). The van der Waals surface area contributed by atoms with E-state index in [1.165, 1.54) is 32.1 Å². The molecule has 0 aliphatic carbocycles. The van der Waals surface area contributed by atoms with Gasteiger partial charge in [0.25, 0.3) is 0 Å². The van der Waals surface area contributed by atoms with Gasteiger partial charge >= 0.3 is 5.97 Å². The Hall–Kier alpha value is -2.82. The average Bonchev–Trinajstić information content (AvgIpc) is 3.22. The summed E-state index contributed by atoms with van der Waals surface area (Å²) in [6.07, 6.45) is 9.04. The van der Waals surface area contributed by atoms with E-state index in [0.29, 0.717) is 30.3 Å². The molecule has 1 heterocycles. The molecule has 0 unspecified atom stereocenters. The fourth-order valence-corrected chi connectivity index (χ4v) is 3.37. The molecule has 0 N–H and O–H groups in total. The second-order valence-electron chi connectivity index (χ2n) is 7.83. The summed E-state index contributed by atoms with van der Waals surface area (Å²) in [7, 11) is 0. The molecule has 0 aliphatic heterocycles. The van der Waals surface area contributed by atoms with Crippen LogP contribution in [-0.4, -0.2) is 24.2 Å². The predicted octanol–water partition coefficient (Wildman–Crippen LogP) is 7.19. The highest BCUT2D eigenvalue weighted by Crippen LogP contribution is 2.27. The maximum Gasteiger partial charge on any atom is 0.338 e. The van der Waals surface area contributed by atoms with Gasteiger partial charge in [0, 0.05) is 11.6 Å². The van der Waals surface area contributed by atoms with E-state index < -0.39 is 0 Å². The van der Waals surface area contributed by atoms with Gasteiger partial charge in [0.1, 0.15) is 11.3 Å². The third-order valence-electron chi connectivity index (χ3n) is 5.22. The lowest BCUT2D eigenvalue weighted by Gasteiger charge is -2.05. The summed E-state index contributed by atoms with van der Waals surface area (Å²) in [4.78, 5) is 16.8. The lowest BCUT2D eigenvalue weighted by molar-refractivity contribution is 0.0498. The summed E-state index contributed by atoms with van der Waals surface area (Å²) >= 11 is 0. The van der Waals surface area contributed by atoms with E-state index in [0.717, 1.165) is 36.1 Å². The number of esters is 1. The van der Waals surface area contributed by atoms with E-state index in [1.54, 1.807) is 12.1 Å². The number of rotatable bonds is 13. The van der Waals surface area contributed by atoms with Crippen LogP contribution in [0.4, 0.5) is 0 Å². The summed E-state index contributed by atoms with van der Waals surface area (Å²) in [5, 5.41) is 0. The Kier molecular flexibility index (Phi) is 8.95. The molecule has 5 nitrogen and oxygen atoms in total. The molecule has 0 amide bonds. The van der Waals surface area contributed by atoms with Gasteiger partial charge in [-0.15, -0.1) is 0 Å². The van der Waals surface area contributed by atoms with Crippen molar-refractivity contribution in [3.63, 3.8) is 0 Å². The zero-order chi connectivity index (χ0) is 21.9. The van der Waals surface area contributed by atoms with Crippen molar-refractivity contribution in [1.29, 1.82) is 0 Å². The van der Waals surface area contributed by atoms with E-state index in [4.69, 9.17) is 13.9 Å². The molecule has 0 saturated carbocycles. The molecule has 0 saturated heterocycles. The van der Waals surface area contributed by atoms with Crippen molar-refractivity contribution in [2.75, 3.05) is 13.2 Å². The summed E-state index contributed by atoms with van der Waals surface area (Å²) in [6.45, 7) is 5.54. The molecule has 31 heavy (non-hydrogen) atoms. The minimum atomic E-state index is -0.290. The first-order valence-corrected chi connectivity index (χ1v) is 11.5. The van der Waals surface area contributed by atoms with Crippen LogP contribution in [0, 0.1) is 0 Å². The van der Waals surface area contributed by atoms with Crippen molar-refractivity contribution in [3.05, 3.63) is 48.0 Å². The van der Waals surface area contributed by atoms with Gasteiger partial charge in [-0.3, -0.25) is 0 Å². The van der Waals surface area contributed by atoms with Gasteiger partial charge < -0.3 is 13.9 Å². The van der Waals surface area contributed by atoms with Gasteiger partial charge in [-0.2, -0.15) is 0 Å². The van der Waals surface area contributed by atoms with Crippen LogP contribution in [0.1, 0.15) is 75.6 Å². The Labute approximate surface area is 184 Å². The van der Waals surface area contributed by atoms with Gasteiger partial charge in [-0.1, -0.05) is 52.4 Å². The van der Waals surface area contributed by atoms with Crippen LogP contribution in [0.25, 0.3) is 22.6 Å². The summed E-state index contributed by atoms with van der Waals surface area (Å²) in [5.74, 6) is 1.04. The third kappa shape index (κ3) is 6.84. The number of ether oxygens (including phenoxy) is 2. The van der Waals surface area contributed by atoms with Crippen molar-refractivity contribution < 1.29 is 18.7 Å². The minimum Gasteiger partial charge on any atom is -0.494 e. The Morgan fingerprint density at radius 2 is 1.58 bits per heavy atom. The van der Waals surface area contributed by atoms with Crippen LogP contribution in [0.15, 0.2) is 46.9 Å². The SMILES string of the molecule is CCCCCCOC(=O)c1ccc(-c2nc3cc(OCCCCCC)ccc3o2)cc1. The molecule has 0 bridgehead atoms. The fraction of sp³-hybridized carbons (Fsp3) is 0.462. The fourth-order valence-electron chi connectivity index (χ4n) is 3.37. The van der Waals surface area contributed by atoms with Crippen LogP contribution < -0.4 is 4.74 Å². The first-order chi connectivity index (χ1) is 15.2. The van der Waals surface area contributed by atoms with E-state index in [1.807, 2.05) is 30.3 Å². The molecular formula is C26H33NO4. The number of fused-ring (bicyclic) bond motifs is 1. The normalized spacial score (nSPS) is 11.0. The second kappa shape index (κ2) is 12.1. The Balaban J connectivity index is 1.58. The van der Waals surface area contributed by atoms with Gasteiger partial charge in [-0.05, 0) is 49.2 Å². The molecule has 2 aromatic carbocycles. The van der Waals surface area contributed by atoms with Crippen molar-refractivity contribution in [3.8, 4) is 17.2 Å². The molecule has 5 heteroatoms. The molecule has 0 fully saturated rings. The number of oxazole rings is 1. The van der Waals surface area contributed by atoms with Crippen LogP contribution in [0.5, 0.6) is 5.75 Å². The largest absolute Gasteiger partial charge is 0.494 e. The van der Waals surface area contributed by atoms with E-state index in [-0.39, 0.29) is 5.97 Å². The van der Waals surface area contributed by atoms with E-state index >= 15 is 0 Å². The molecule has 0 spiro atoms. The van der Waals surface area contributed by atoms with Crippen molar-refractivity contribution in [1.82, 2.24) is 4.98 Å². The van der Waals surface area contributed by atoms with Crippen LogP contribution in [0.3, 0.4) is 0 Å². The molecule has 3 aromatic rings. The highest BCUT2D eigenvalue weighted by Gasteiger charge is 2.12. The Morgan fingerprint density at radius 3 is 2.29 bits per heavy atom. The molecule has 166 valence electrons. The maximum atomic E-state index is 12.2. The second-order valence-corrected chi connectivity index (χ2v) is 7.83. The number of hydrogen-bond acceptors (Lipinski definition) is 5. The number of carbonyl (C=O) groups is 1. The van der Waals surface area contributed by atoms with Gasteiger partial charge in [-0.25, -0.2) is 9.78 Å².